The molecule has 0 aliphatic heterocycles. The van der Waals surface area contributed by atoms with Crippen LogP contribution < -0.4 is 5.56 Å². The van der Waals surface area contributed by atoms with Gasteiger partial charge in [-0.1, -0.05) is 12.1 Å². The molecular formula is C15H12BrF3N4O. The van der Waals surface area contributed by atoms with Gasteiger partial charge in [0.1, 0.15) is 15.8 Å². The topological polar surface area (TPSA) is 63.6 Å². The molecule has 0 amide bonds. The number of rotatable bonds is 2. The molecule has 0 fully saturated rings. The van der Waals surface area contributed by atoms with E-state index in [1.807, 2.05) is 0 Å². The van der Waals surface area contributed by atoms with Crippen LogP contribution in [0.3, 0.4) is 0 Å². The highest BCUT2D eigenvalue weighted by atomic mass is 79.9. The second kappa shape index (κ2) is 5.73. The zero-order valence-corrected chi connectivity index (χ0v) is 14.2. The lowest BCUT2D eigenvalue weighted by molar-refractivity contribution is -0.137. The Morgan fingerprint density at radius 1 is 1.25 bits per heavy atom. The summed E-state index contributed by atoms with van der Waals surface area (Å²) >= 11 is 3.23. The van der Waals surface area contributed by atoms with Crippen LogP contribution in [0.5, 0.6) is 0 Å². The average Bonchev–Trinajstić information content (AvgIpc) is 2.82. The first kappa shape index (κ1) is 16.7. The number of fused-ring (bicyclic) bond motifs is 1. The third-order valence-electron chi connectivity index (χ3n) is 3.72. The van der Waals surface area contributed by atoms with Crippen molar-refractivity contribution < 1.29 is 13.2 Å². The summed E-state index contributed by atoms with van der Waals surface area (Å²) in [7, 11) is 0. The molecule has 2 aromatic heterocycles. The van der Waals surface area contributed by atoms with Gasteiger partial charge < -0.3 is 4.98 Å². The number of H-pyrrole nitrogens is 1. The van der Waals surface area contributed by atoms with E-state index in [9.17, 15) is 18.0 Å². The van der Waals surface area contributed by atoms with Crippen LogP contribution in [0.4, 0.5) is 13.2 Å². The molecule has 0 bridgehead atoms. The molecule has 24 heavy (non-hydrogen) atoms. The fourth-order valence-electron chi connectivity index (χ4n) is 2.48. The first-order valence-electron chi connectivity index (χ1n) is 7.00. The van der Waals surface area contributed by atoms with Crippen LogP contribution in [0.15, 0.2) is 33.7 Å². The maximum Gasteiger partial charge on any atom is 0.416 e. The van der Waals surface area contributed by atoms with Gasteiger partial charge in [-0.2, -0.15) is 18.3 Å². The summed E-state index contributed by atoms with van der Waals surface area (Å²) in [5.74, 6) is 0.431. The molecule has 3 aromatic rings. The fraction of sp³-hybridized carbons (Fsp3) is 0.267. The average molecular weight is 401 g/mol. The number of halogens is 4. The SMILES string of the molecule is Cc1nc2c(c(Br)nn2[C@H](C)c2ccc(C(F)(F)F)cc2)c(=O)[nH]1. The minimum absolute atomic E-state index is 0.305. The Kier molecular flexibility index (Phi) is 3.98. The molecule has 9 heteroatoms. The van der Waals surface area contributed by atoms with Crippen LogP contribution in [0.2, 0.25) is 0 Å². The Morgan fingerprint density at radius 2 is 1.88 bits per heavy atom. The lowest BCUT2D eigenvalue weighted by Gasteiger charge is -2.15. The van der Waals surface area contributed by atoms with Crippen molar-refractivity contribution in [3.63, 3.8) is 0 Å². The summed E-state index contributed by atoms with van der Waals surface area (Å²) in [6.07, 6.45) is -4.38. The molecular weight excluding hydrogens is 389 g/mol. The number of hydrogen-bond donors (Lipinski definition) is 1. The van der Waals surface area contributed by atoms with E-state index in [4.69, 9.17) is 0 Å². The van der Waals surface area contributed by atoms with Gasteiger partial charge in [0.15, 0.2) is 5.65 Å². The minimum Gasteiger partial charge on any atom is -0.310 e. The zero-order chi connectivity index (χ0) is 17.6. The van der Waals surface area contributed by atoms with Gasteiger partial charge in [-0.15, -0.1) is 0 Å². The summed E-state index contributed by atoms with van der Waals surface area (Å²) in [6.45, 7) is 3.43. The molecule has 1 N–H and O–H groups in total. The van der Waals surface area contributed by atoms with Crippen molar-refractivity contribution in [2.24, 2.45) is 0 Å². The lowest BCUT2D eigenvalue weighted by atomic mass is 10.1. The van der Waals surface area contributed by atoms with E-state index in [1.54, 1.807) is 13.8 Å². The normalized spacial score (nSPS) is 13.4. The first-order chi connectivity index (χ1) is 11.2. The standard InChI is InChI=1S/C15H12BrF3N4O/c1-7(9-3-5-10(6-4-9)15(17,18)19)23-13-11(12(16)22-23)14(24)21-8(2)20-13/h3-7H,1-2H3,(H,20,21,24)/t7-/m1/s1. The van der Waals surface area contributed by atoms with Crippen LogP contribution in [0.25, 0.3) is 11.0 Å². The molecule has 3 rings (SSSR count). The van der Waals surface area contributed by atoms with E-state index in [-0.39, 0.29) is 5.56 Å². The number of hydrogen-bond acceptors (Lipinski definition) is 3. The van der Waals surface area contributed by atoms with E-state index >= 15 is 0 Å². The van der Waals surface area contributed by atoms with E-state index in [0.717, 1.165) is 12.1 Å². The van der Waals surface area contributed by atoms with Gasteiger partial charge in [-0.3, -0.25) is 4.79 Å². The van der Waals surface area contributed by atoms with Crippen molar-refractivity contribution in [1.29, 1.82) is 0 Å². The van der Waals surface area contributed by atoms with E-state index in [0.29, 0.717) is 27.0 Å². The molecule has 1 atom stereocenters. The number of nitrogens with zero attached hydrogens (tertiary/aromatic N) is 3. The molecule has 0 unspecified atom stereocenters. The Hall–Kier alpha value is -2.16. The third-order valence-corrected chi connectivity index (χ3v) is 4.28. The van der Waals surface area contributed by atoms with Crippen molar-refractivity contribution in [2.45, 2.75) is 26.1 Å². The highest BCUT2D eigenvalue weighted by Gasteiger charge is 2.30. The van der Waals surface area contributed by atoms with E-state index in [2.05, 4.69) is 31.0 Å². The number of nitrogens with one attached hydrogen (secondary N) is 1. The molecule has 5 nitrogen and oxygen atoms in total. The van der Waals surface area contributed by atoms with Crippen LogP contribution in [0.1, 0.15) is 29.9 Å². The third kappa shape index (κ3) is 2.83. The minimum atomic E-state index is -4.38. The van der Waals surface area contributed by atoms with Crippen LogP contribution in [0, 0.1) is 6.92 Å². The predicted octanol–water partition coefficient (Wildman–Crippen LogP) is 3.82. The molecule has 0 aliphatic rings. The highest BCUT2D eigenvalue weighted by Crippen LogP contribution is 2.31. The van der Waals surface area contributed by atoms with Gasteiger partial charge in [-0.25, -0.2) is 9.67 Å². The van der Waals surface area contributed by atoms with Gasteiger partial charge in [0.2, 0.25) is 0 Å². The maximum absolute atomic E-state index is 12.7. The number of alkyl halides is 3. The second-order valence-electron chi connectivity index (χ2n) is 5.38. The lowest BCUT2D eigenvalue weighted by Crippen LogP contribution is -2.13. The van der Waals surface area contributed by atoms with Crippen molar-refractivity contribution in [2.75, 3.05) is 0 Å². The van der Waals surface area contributed by atoms with Crippen molar-refractivity contribution in [3.8, 4) is 0 Å². The monoisotopic (exact) mass is 400 g/mol. The van der Waals surface area contributed by atoms with Crippen LogP contribution in [-0.4, -0.2) is 19.7 Å². The van der Waals surface area contributed by atoms with Gasteiger partial charge >= 0.3 is 6.18 Å². The molecule has 0 saturated heterocycles. The predicted molar refractivity (Wildman–Crippen MR) is 85.8 cm³/mol. The van der Waals surface area contributed by atoms with Crippen LogP contribution in [-0.2, 0) is 6.18 Å². The summed E-state index contributed by atoms with van der Waals surface area (Å²) in [4.78, 5) is 18.9. The van der Waals surface area contributed by atoms with Gasteiger partial charge in [0.25, 0.3) is 5.56 Å². The molecule has 0 radical (unpaired) electrons. The Bertz CT molecular complexity index is 960. The van der Waals surface area contributed by atoms with Crippen LogP contribution >= 0.6 is 15.9 Å². The second-order valence-corrected chi connectivity index (χ2v) is 6.13. The summed E-state index contributed by atoms with van der Waals surface area (Å²) in [6, 6.07) is 4.45. The zero-order valence-electron chi connectivity index (χ0n) is 12.6. The van der Waals surface area contributed by atoms with E-state index in [1.165, 1.54) is 16.8 Å². The molecule has 0 spiro atoms. The summed E-state index contributed by atoms with van der Waals surface area (Å²) < 4.78 is 39.9. The molecule has 126 valence electrons. The Morgan fingerprint density at radius 3 is 2.46 bits per heavy atom. The molecule has 2 heterocycles. The summed E-state index contributed by atoms with van der Waals surface area (Å²) in [5.41, 5.74) is -0.0410. The number of aromatic nitrogens is 4. The number of benzene rings is 1. The Labute approximate surface area is 142 Å². The number of aryl methyl sites for hydroxylation is 1. The molecule has 0 aliphatic carbocycles. The quantitative estimate of drug-likeness (QED) is 0.710. The Balaban J connectivity index is 2.09. The fourth-order valence-corrected chi connectivity index (χ4v) is 3.00. The van der Waals surface area contributed by atoms with Crippen molar-refractivity contribution in [1.82, 2.24) is 19.7 Å². The van der Waals surface area contributed by atoms with Crippen molar-refractivity contribution in [3.05, 3.63) is 56.2 Å². The highest BCUT2D eigenvalue weighted by molar-refractivity contribution is 9.10. The maximum atomic E-state index is 12.7. The van der Waals surface area contributed by atoms with Gasteiger partial charge in [0.05, 0.1) is 11.6 Å². The number of aromatic amines is 1. The van der Waals surface area contributed by atoms with Gasteiger partial charge in [-0.05, 0) is 47.5 Å². The smallest absolute Gasteiger partial charge is 0.310 e. The van der Waals surface area contributed by atoms with E-state index < -0.39 is 17.8 Å². The molecule has 1 aromatic carbocycles. The first-order valence-corrected chi connectivity index (χ1v) is 7.79. The molecule has 0 saturated carbocycles. The van der Waals surface area contributed by atoms with Crippen molar-refractivity contribution >= 4 is 27.0 Å². The summed E-state index contributed by atoms with van der Waals surface area (Å²) in [5, 5.41) is 4.57. The largest absolute Gasteiger partial charge is 0.416 e. The van der Waals surface area contributed by atoms with Gasteiger partial charge in [0, 0.05) is 0 Å².